The Morgan fingerprint density at radius 1 is 1.11 bits per heavy atom. The molecule has 0 unspecified atom stereocenters. The van der Waals surface area contributed by atoms with Crippen molar-refractivity contribution < 1.29 is 19.0 Å². The molecule has 0 spiro atoms. The van der Waals surface area contributed by atoms with Gasteiger partial charge in [0.05, 0.1) is 18.4 Å². The molecule has 0 radical (unpaired) electrons. The van der Waals surface area contributed by atoms with Gasteiger partial charge in [-0.1, -0.05) is 18.2 Å². The van der Waals surface area contributed by atoms with Crippen molar-refractivity contribution in [2.75, 3.05) is 19.2 Å². The van der Waals surface area contributed by atoms with E-state index < -0.39 is 0 Å². The van der Waals surface area contributed by atoms with Gasteiger partial charge in [-0.15, -0.1) is 0 Å². The average Bonchev–Trinajstić information content (AvgIpc) is 3.21. The number of nitrogens with zero attached hydrogens (tertiary/aromatic N) is 1. The lowest BCUT2D eigenvalue weighted by Crippen LogP contribution is -2.22. The van der Waals surface area contributed by atoms with Crippen LogP contribution in [0.3, 0.4) is 0 Å². The first-order valence-electron chi connectivity index (χ1n) is 8.76. The summed E-state index contributed by atoms with van der Waals surface area (Å²) in [7, 11) is 1.61. The van der Waals surface area contributed by atoms with Crippen LogP contribution in [0, 0.1) is 0 Å². The molecule has 7 heteroatoms. The highest BCUT2D eigenvalue weighted by molar-refractivity contribution is 5.94. The SMILES string of the molecule is COc1ccccc1Nc1ccc(C(=O)NCc2ccc3c(c2)OCO3)cn1. The molecule has 7 nitrogen and oxygen atoms in total. The second-order valence-electron chi connectivity index (χ2n) is 6.13. The number of carbonyl (C=O) groups is 1. The van der Waals surface area contributed by atoms with Crippen molar-refractivity contribution in [2.24, 2.45) is 0 Å². The van der Waals surface area contributed by atoms with Crippen molar-refractivity contribution in [2.45, 2.75) is 6.54 Å². The molecule has 0 fully saturated rings. The van der Waals surface area contributed by atoms with Gasteiger partial charge >= 0.3 is 0 Å². The smallest absolute Gasteiger partial charge is 0.253 e. The Bertz CT molecular complexity index is 989. The number of para-hydroxylation sites is 2. The lowest BCUT2D eigenvalue weighted by molar-refractivity contribution is 0.0950. The summed E-state index contributed by atoms with van der Waals surface area (Å²) >= 11 is 0. The van der Waals surface area contributed by atoms with Crippen LogP contribution in [-0.2, 0) is 6.54 Å². The summed E-state index contributed by atoms with van der Waals surface area (Å²) in [6.07, 6.45) is 1.53. The van der Waals surface area contributed by atoms with Crippen LogP contribution in [0.5, 0.6) is 17.2 Å². The van der Waals surface area contributed by atoms with Crippen LogP contribution >= 0.6 is 0 Å². The number of ether oxygens (including phenoxy) is 3. The fourth-order valence-electron chi connectivity index (χ4n) is 2.82. The third kappa shape index (κ3) is 3.83. The number of anilines is 2. The largest absolute Gasteiger partial charge is 0.495 e. The first-order chi connectivity index (χ1) is 13.7. The van der Waals surface area contributed by atoms with Gasteiger partial charge in [0, 0.05) is 12.7 Å². The van der Waals surface area contributed by atoms with E-state index in [1.54, 1.807) is 19.2 Å². The van der Waals surface area contributed by atoms with Crippen molar-refractivity contribution in [3.63, 3.8) is 0 Å². The van der Waals surface area contributed by atoms with E-state index in [2.05, 4.69) is 15.6 Å². The quantitative estimate of drug-likeness (QED) is 0.684. The number of amides is 1. The summed E-state index contributed by atoms with van der Waals surface area (Å²) in [5, 5.41) is 6.06. The highest BCUT2D eigenvalue weighted by atomic mass is 16.7. The van der Waals surface area contributed by atoms with Crippen LogP contribution in [0.25, 0.3) is 0 Å². The molecular weight excluding hydrogens is 358 g/mol. The summed E-state index contributed by atoms with van der Waals surface area (Å²) in [5.74, 6) is 2.55. The molecule has 1 aliphatic heterocycles. The van der Waals surface area contributed by atoms with Crippen LogP contribution < -0.4 is 24.8 Å². The highest BCUT2D eigenvalue weighted by Crippen LogP contribution is 2.32. The molecule has 2 heterocycles. The fraction of sp³-hybridized carbons (Fsp3) is 0.143. The van der Waals surface area contributed by atoms with Crippen LogP contribution in [0.1, 0.15) is 15.9 Å². The molecule has 4 rings (SSSR count). The van der Waals surface area contributed by atoms with E-state index in [0.717, 1.165) is 22.7 Å². The monoisotopic (exact) mass is 377 g/mol. The van der Waals surface area contributed by atoms with Crippen molar-refractivity contribution in [3.05, 3.63) is 71.9 Å². The molecule has 1 aromatic heterocycles. The minimum Gasteiger partial charge on any atom is -0.495 e. The maximum atomic E-state index is 12.4. The molecule has 0 saturated carbocycles. The summed E-state index contributed by atoms with van der Waals surface area (Å²) < 4.78 is 15.9. The Hall–Kier alpha value is -3.74. The van der Waals surface area contributed by atoms with Gasteiger partial charge in [0.1, 0.15) is 11.6 Å². The number of fused-ring (bicyclic) bond motifs is 1. The summed E-state index contributed by atoms with van der Waals surface area (Å²) in [4.78, 5) is 16.7. The normalized spacial score (nSPS) is 11.8. The Morgan fingerprint density at radius 2 is 1.96 bits per heavy atom. The lowest BCUT2D eigenvalue weighted by Gasteiger charge is -2.10. The fourth-order valence-corrected chi connectivity index (χ4v) is 2.82. The molecule has 0 bridgehead atoms. The Morgan fingerprint density at radius 3 is 2.79 bits per heavy atom. The number of carbonyl (C=O) groups excluding carboxylic acids is 1. The molecule has 2 aromatic carbocycles. The van der Waals surface area contributed by atoms with Crippen LogP contribution in [-0.4, -0.2) is 24.8 Å². The maximum Gasteiger partial charge on any atom is 0.253 e. The average molecular weight is 377 g/mol. The van der Waals surface area contributed by atoms with E-state index >= 15 is 0 Å². The molecule has 1 amide bonds. The maximum absolute atomic E-state index is 12.4. The standard InChI is InChI=1S/C21H19N3O4/c1-26-17-5-3-2-4-16(17)24-20-9-7-15(12-22-20)21(25)23-11-14-6-8-18-19(10-14)28-13-27-18/h2-10,12H,11,13H2,1H3,(H,22,24)(H,23,25). The zero-order valence-electron chi connectivity index (χ0n) is 15.3. The highest BCUT2D eigenvalue weighted by Gasteiger charge is 2.14. The molecule has 28 heavy (non-hydrogen) atoms. The van der Waals surface area contributed by atoms with Crippen molar-refractivity contribution in [1.29, 1.82) is 0 Å². The van der Waals surface area contributed by atoms with Gasteiger partial charge in [-0.25, -0.2) is 4.98 Å². The van der Waals surface area contributed by atoms with Crippen molar-refractivity contribution >= 4 is 17.4 Å². The zero-order chi connectivity index (χ0) is 19.3. The van der Waals surface area contributed by atoms with E-state index in [1.165, 1.54) is 6.20 Å². The van der Waals surface area contributed by atoms with Crippen LogP contribution in [0.4, 0.5) is 11.5 Å². The van der Waals surface area contributed by atoms with E-state index in [9.17, 15) is 4.79 Å². The molecule has 142 valence electrons. The number of hydrogen-bond donors (Lipinski definition) is 2. The number of pyridine rings is 1. The van der Waals surface area contributed by atoms with E-state index in [4.69, 9.17) is 14.2 Å². The lowest BCUT2D eigenvalue weighted by atomic mass is 10.2. The number of methoxy groups -OCH3 is 1. The van der Waals surface area contributed by atoms with Crippen LogP contribution in [0.15, 0.2) is 60.8 Å². The summed E-state index contributed by atoms with van der Waals surface area (Å²) in [6.45, 7) is 0.614. The van der Waals surface area contributed by atoms with Gasteiger partial charge < -0.3 is 24.8 Å². The molecule has 2 N–H and O–H groups in total. The van der Waals surface area contributed by atoms with E-state index in [1.807, 2.05) is 42.5 Å². The van der Waals surface area contributed by atoms with Gasteiger partial charge in [-0.3, -0.25) is 4.79 Å². The Balaban J connectivity index is 1.37. The number of nitrogens with one attached hydrogen (secondary N) is 2. The third-order valence-corrected chi connectivity index (χ3v) is 4.29. The number of hydrogen-bond acceptors (Lipinski definition) is 6. The first-order valence-corrected chi connectivity index (χ1v) is 8.76. The van der Waals surface area contributed by atoms with Crippen molar-refractivity contribution in [1.82, 2.24) is 10.3 Å². The minimum atomic E-state index is -0.200. The van der Waals surface area contributed by atoms with Crippen molar-refractivity contribution in [3.8, 4) is 17.2 Å². The number of rotatable bonds is 6. The third-order valence-electron chi connectivity index (χ3n) is 4.29. The predicted octanol–water partition coefficient (Wildman–Crippen LogP) is 3.49. The topological polar surface area (TPSA) is 81.7 Å². The van der Waals surface area contributed by atoms with Crippen LogP contribution in [0.2, 0.25) is 0 Å². The van der Waals surface area contributed by atoms with E-state index in [-0.39, 0.29) is 12.7 Å². The predicted molar refractivity (Wildman–Crippen MR) is 104 cm³/mol. The Labute approximate surface area is 162 Å². The first kappa shape index (κ1) is 17.7. The second-order valence-corrected chi connectivity index (χ2v) is 6.13. The minimum absolute atomic E-state index is 0.200. The van der Waals surface area contributed by atoms with Gasteiger partial charge in [0.2, 0.25) is 6.79 Å². The molecular formula is C21H19N3O4. The second kappa shape index (κ2) is 7.87. The van der Waals surface area contributed by atoms with Gasteiger partial charge in [-0.2, -0.15) is 0 Å². The molecule has 1 aliphatic rings. The van der Waals surface area contributed by atoms with Gasteiger partial charge in [-0.05, 0) is 42.0 Å². The molecule has 3 aromatic rings. The van der Waals surface area contributed by atoms with Gasteiger partial charge in [0.25, 0.3) is 5.91 Å². The Kier molecular flexibility index (Phi) is 4.97. The summed E-state index contributed by atoms with van der Waals surface area (Å²) in [5.41, 5.74) is 2.21. The molecule has 0 aliphatic carbocycles. The molecule has 0 atom stereocenters. The molecule has 0 saturated heterocycles. The number of aromatic nitrogens is 1. The van der Waals surface area contributed by atoms with Gasteiger partial charge in [0.15, 0.2) is 11.5 Å². The summed E-state index contributed by atoms with van der Waals surface area (Å²) in [6, 6.07) is 16.6. The zero-order valence-corrected chi connectivity index (χ0v) is 15.3. The number of benzene rings is 2. The van der Waals surface area contributed by atoms with E-state index in [0.29, 0.717) is 23.7 Å².